The van der Waals surface area contributed by atoms with Gasteiger partial charge in [-0.15, -0.1) is 0 Å². The number of hydrogen-bond donors (Lipinski definition) is 1. The van der Waals surface area contributed by atoms with Gasteiger partial charge < -0.3 is 24.4 Å². The van der Waals surface area contributed by atoms with Crippen molar-refractivity contribution in [1.82, 2.24) is 14.9 Å². The van der Waals surface area contributed by atoms with Crippen molar-refractivity contribution in [2.45, 2.75) is 6.04 Å². The first-order valence-corrected chi connectivity index (χ1v) is 7.78. The van der Waals surface area contributed by atoms with Crippen molar-refractivity contribution in [2.24, 2.45) is 0 Å². The van der Waals surface area contributed by atoms with Crippen LogP contribution in [0, 0.1) is 0 Å². The molecule has 3 rings (SSSR count). The van der Waals surface area contributed by atoms with Gasteiger partial charge in [0.25, 0.3) is 5.91 Å². The highest BCUT2D eigenvalue weighted by molar-refractivity contribution is 5.99. The highest BCUT2D eigenvalue weighted by atomic mass is 16.5. The minimum atomic E-state index is -0.116. The lowest BCUT2D eigenvalue weighted by molar-refractivity contribution is 0.0620. The highest BCUT2D eigenvalue weighted by Crippen LogP contribution is 2.40. The molecule has 0 radical (unpaired) electrons. The number of ether oxygens (including phenoxy) is 3. The molecule has 1 amide bonds. The van der Waals surface area contributed by atoms with Crippen LogP contribution in [0.4, 0.5) is 5.82 Å². The van der Waals surface area contributed by atoms with E-state index in [1.54, 1.807) is 35.6 Å². The van der Waals surface area contributed by atoms with Gasteiger partial charge in [0.15, 0.2) is 11.5 Å². The van der Waals surface area contributed by atoms with Crippen molar-refractivity contribution in [2.75, 3.05) is 39.7 Å². The van der Waals surface area contributed by atoms with E-state index in [2.05, 4.69) is 15.3 Å². The van der Waals surface area contributed by atoms with Crippen molar-refractivity contribution >= 4 is 11.7 Å². The average Bonchev–Trinajstić information content (AvgIpc) is 2.63. The summed E-state index contributed by atoms with van der Waals surface area (Å²) in [4.78, 5) is 22.7. The number of rotatable bonds is 6. The lowest BCUT2D eigenvalue weighted by Gasteiger charge is -2.40. The van der Waals surface area contributed by atoms with Crippen molar-refractivity contribution in [3.8, 4) is 17.2 Å². The van der Waals surface area contributed by atoms with E-state index in [1.165, 1.54) is 21.3 Å². The van der Waals surface area contributed by atoms with Crippen LogP contribution in [0.3, 0.4) is 0 Å². The Morgan fingerprint density at radius 1 is 1.12 bits per heavy atom. The number of amides is 1. The normalized spacial score (nSPS) is 13.8. The van der Waals surface area contributed by atoms with Crippen LogP contribution in [0.1, 0.15) is 10.4 Å². The first-order valence-electron chi connectivity index (χ1n) is 7.78. The Morgan fingerprint density at radius 2 is 1.88 bits per heavy atom. The molecule has 132 valence electrons. The van der Waals surface area contributed by atoms with Crippen LogP contribution in [-0.4, -0.2) is 61.2 Å². The molecule has 8 nitrogen and oxygen atoms in total. The summed E-state index contributed by atoms with van der Waals surface area (Å²) in [7, 11) is 4.55. The third-order valence-electron chi connectivity index (χ3n) is 4.02. The molecule has 1 aromatic heterocycles. The minimum Gasteiger partial charge on any atom is -0.493 e. The fraction of sp³-hybridized carbons (Fsp3) is 0.353. The van der Waals surface area contributed by atoms with Gasteiger partial charge in [0.2, 0.25) is 5.75 Å². The second-order valence-electron chi connectivity index (χ2n) is 5.52. The molecule has 0 atom stereocenters. The van der Waals surface area contributed by atoms with Crippen LogP contribution in [0.25, 0.3) is 0 Å². The molecule has 1 aliphatic rings. The zero-order chi connectivity index (χ0) is 17.8. The Balaban J connectivity index is 1.70. The third kappa shape index (κ3) is 3.28. The lowest BCUT2D eigenvalue weighted by atomic mass is 10.1. The average molecular weight is 344 g/mol. The maximum absolute atomic E-state index is 12.8. The Morgan fingerprint density at radius 3 is 2.48 bits per heavy atom. The van der Waals surface area contributed by atoms with E-state index >= 15 is 0 Å². The number of likely N-dealkylation sites (tertiary alicyclic amines) is 1. The molecule has 1 aliphatic heterocycles. The minimum absolute atomic E-state index is 0.116. The number of nitrogens with one attached hydrogen (secondary N) is 1. The third-order valence-corrected chi connectivity index (χ3v) is 4.02. The molecule has 2 heterocycles. The number of benzene rings is 1. The molecule has 25 heavy (non-hydrogen) atoms. The van der Waals surface area contributed by atoms with E-state index in [1.807, 2.05) is 0 Å². The largest absolute Gasteiger partial charge is 0.493 e. The van der Waals surface area contributed by atoms with Crippen LogP contribution >= 0.6 is 0 Å². The molecule has 1 N–H and O–H groups in total. The first kappa shape index (κ1) is 16.8. The van der Waals surface area contributed by atoms with Gasteiger partial charge in [-0.3, -0.25) is 9.78 Å². The molecule has 2 aromatic rings. The van der Waals surface area contributed by atoms with Gasteiger partial charge in [0, 0.05) is 25.5 Å². The number of carbonyl (C=O) groups excluding carboxylic acids is 1. The van der Waals surface area contributed by atoms with Gasteiger partial charge in [0.05, 0.1) is 39.1 Å². The van der Waals surface area contributed by atoms with Gasteiger partial charge in [-0.05, 0) is 12.1 Å². The smallest absolute Gasteiger partial charge is 0.257 e. The summed E-state index contributed by atoms with van der Waals surface area (Å²) < 4.78 is 16.0. The van der Waals surface area contributed by atoms with Crippen molar-refractivity contribution in [3.05, 3.63) is 36.3 Å². The fourth-order valence-electron chi connectivity index (χ4n) is 2.76. The molecule has 0 aliphatic carbocycles. The summed E-state index contributed by atoms with van der Waals surface area (Å²) in [6.45, 7) is 1.15. The molecule has 0 unspecified atom stereocenters. The summed E-state index contributed by atoms with van der Waals surface area (Å²) >= 11 is 0. The van der Waals surface area contributed by atoms with Gasteiger partial charge in [-0.1, -0.05) is 0 Å². The van der Waals surface area contributed by atoms with Gasteiger partial charge in [-0.2, -0.15) is 0 Å². The Labute approximate surface area is 145 Å². The van der Waals surface area contributed by atoms with Crippen molar-refractivity contribution < 1.29 is 19.0 Å². The van der Waals surface area contributed by atoms with E-state index in [4.69, 9.17) is 14.2 Å². The van der Waals surface area contributed by atoms with Crippen LogP contribution in [-0.2, 0) is 0 Å². The molecule has 1 aromatic carbocycles. The lowest BCUT2D eigenvalue weighted by Crippen LogP contribution is -2.57. The predicted octanol–water partition coefficient (Wildman–Crippen LogP) is 1.44. The number of anilines is 1. The number of aromatic nitrogens is 2. The summed E-state index contributed by atoms with van der Waals surface area (Å²) in [6.07, 6.45) is 4.89. The molecule has 8 heteroatoms. The Bertz CT molecular complexity index is 748. The monoisotopic (exact) mass is 344 g/mol. The summed E-state index contributed by atoms with van der Waals surface area (Å²) in [5.74, 6) is 1.88. The second-order valence-corrected chi connectivity index (χ2v) is 5.52. The predicted molar refractivity (Wildman–Crippen MR) is 91.4 cm³/mol. The second kappa shape index (κ2) is 7.25. The van der Waals surface area contributed by atoms with Crippen molar-refractivity contribution in [3.63, 3.8) is 0 Å². The number of methoxy groups -OCH3 is 3. The van der Waals surface area contributed by atoms with E-state index in [0.29, 0.717) is 41.7 Å². The quantitative estimate of drug-likeness (QED) is 0.848. The summed E-state index contributed by atoms with van der Waals surface area (Å²) in [5, 5.41) is 3.24. The highest BCUT2D eigenvalue weighted by Gasteiger charge is 2.33. The molecule has 0 bridgehead atoms. The molecular formula is C17H20N4O4. The van der Waals surface area contributed by atoms with E-state index in [9.17, 15) is 4.79 Å². The zero-order valence-electron chi connectivity index (χ0n) is 14.4. The number of nitrogens with zero attached hydrogens (tertiary/aromatic N) is 3. The van der Waals surface area contributed by atoms with Crippen LogP contribution in [0.5, 0.6) is 17.2 Å². The van der Waals surface area contributed by atoms with E-state index < -0.39 is 0 Å². The Kier molecular flexibility index (Phi) is 4.87. The molecule has 1 fully saturated rings. The summed E-state index contributed by atoms with van der Waals surface area (Å²) in [5.41, 5.74) is 0.443. The van der Waals surface area contributed by atoms with Crippen LogP contribution < -0.4 is 19.5 Å². The van der Waals surface area contributed by atoms with E-state index in [0.717, 1.165) is 0 Å². The van der Waals surface area contributed by atoms with Gasteiger partial charge in [-0.25, -0.2) is 4.98 Å². The topological polar surface area (TPSA) is 85.8 Å². The van der Waals surface area contributed by atoms with Gasteiger partial charge in [0.1, 0.15) is 5.82 Å². The molecular weight excluding hydrogens is 324 g/mol. The van der Waals surface area contributed by atoms with Gasteiger partial charge >= 0.3 is 0 Å². The van der Waals surface area contributed by atoms with E-state index in [-0.39, 0.29) is 11.9 Å². The molecule has 0 spiro atoms. The fourth-order valence-corrected chi connectivity index (χ4v) is 2.76. The number of hydrogen-bond acceptors (Lipinski definition) is 7. The number of carbonyl (C=O) groups is 1. The first-order chi connectivity index (χ1) is 12.2. The standard InChI is InChI=1S/C17H20N4O4/c1-23-13-5-4-12(15(24-2)16(13)25-3)17(22)21-9-11(10-21)20-14-8-18-6-7-19-14/h4-8,11H,9-10H2,1-3H3,(H,19,20). The SMILES string of the molecule is COc1ccc(C(=O)N2CC(Nc3cnccn3)C2)c(OC)c1OC. The molecule has 0 saturated carbocycles. The zero-order valence-corrected chi connectivity index (χ0v) is 14.4. The van der Waals surface area contributed by atoms with Crippen LogP contribution in [0.2, 0.25) is 0 Å². The maximum atomic E-state index is 12.8. The van der Waals surface area contributed by atoms with Crippen molar-refractivity contribution in [1.29, 1.82) is 0 Å². The Hall–Kier alpha value is -3.03. The maximum Gasteiger partial charge on any atom is 0.257 e. The summed E-state index contributed by atoms with van der Waals surface area (Å²) in [6, 6.07) is 3.53. The molecule has 1 saturated heterocycles. The van der Waals surface area contributed by atoms with Crippen LogP contribution in [0.15, 0.2) is 30.7 Å².